The third kappa shape index (κ3) is 5.18. The number of nitrogens with zero attached hydrogens (tertiary/aromatic N) is 4. The van der Waals surface area contributed by atoms with Crippen molar-refractivity contribution in [2.45, 2.75) is 52.6 Å². The molecule has 0 amide bonds. The zero-order valence-electron chi connectivity index (χ0n) is 16.1. The van der Waals surface area contributed by atoms with Crippen molar-refractivity contribution in [3.8, 4) is 0 Å². The summed E-state index contributed by atoms with van der Waals surface area (Å²) in [5, 5.41) is 6.79. The molecule has 0 bridgehead atoms. The predicted molar refractivity (Wildman–Crippen MR) is 104 cm³/mol. The average Bonchev–Trinajstić information content (AvgIpc) is 2.93. The van der Waals surface area contributed by atoms with Crippen LogP contribution in [0.25, 0.3) is 0 Å². The first-order chi connectivity index (χ1) is 11.3. The Hall–Kier alpha value is -1.14. The van der Waals surface area contributed by atoms with Crippen LogP contribution in [0.4, 0.5) is 0 Å². The molecule has 1 aliphatic rings. The highest BCUT2D eigenvalue weighted by Gasteiger charge is 2.30. The minimum absolute atomic E-state index is 0.128. The number of guanidine groups is 1. The van der Waals surface area contributed by atoms with Crippen LogP contribution in [0, 0.1) is 12.8 Å². The Labute approximate surface area is 151 Å². The van der Waals surface area contributed by atoms with E-state index in [4.69, 9.17) is 0 Å². The van der Waals surface area contributed by atoms with Gasteiger partial charge in [0.15, 0.2) is 5.96 Å². The molecule has 1 aromatic heterocycles. The minimum atomic E-state index is 0.128. The first kappa shape index (κ1) is 19.2. The lowest BCUT2D eigenvalue weighted by molar-refractivity contribution is 0.0735. The van der Waals surface area contributed by atoms with E-state index in [1.54, 1.807) is 11.3 Å². The third-order valence-corrected chi connectivity index (χ3v) is 5.65. The third-order valence-electron chi connectivity index (χ3n) is 4.83. The molecule has 136 valence electrons. The molecule has 0 aliphatic carbocycles. The van der Waals surface area contributed by atoms with Crippen LogP contribution in [0.5, 0.6) is 0 Å². The normalized spacial score (nSPS) is 20.2. The molecule has 1 atom stereocenters. The van der Waals surface area contributed by atoms with Gasteiger partial charge in [-0.05, 0) is 46.1 Å². The largest absolute Gasteiger partial charge is 0.354 e. The topological polar surface area (TPSA) is 43.8 Å². The van der Waals surface area contributed by atoms with Crippen LogP contribution in [0.1, 0.15) is 44.3 Å². The molecule has 6 heteroatoms. The van der Waals surface area contributed by atoms with Crippen molar-refractivity contribution < 1.29 is 0 Å². The van der Waals surface area contributed by atoms with E-state index in [1.807, 2.05) is 14.0 Å². The molecule has 1 aliphatic heterocycles. The Morgan fingerprint density at radius 1 is 1.54 bits per heavy atom. The lowest BCUT2D eigenvalue weighted by Gasteiger charge is -2.43. The molecule has 2 heterocycles. The first-order valence-corrected chi connectivity index (χ1v) is 9.77. The van der Waals surface area contributed by atoms with Crippen LogP contribution in [-0.2, 0) is 6.54 Å². The van der Waals surface area contributed by atoms with E-state index in [9.17, 15) is 0 Å². The van der Waals surface area contributed by atoms with Crippen molar-refractivity contribution in [2.24, 2.45) is 10.9 Å². The SMILES string of the molecule is CN=C(NCC(C)(C)N1CCCC(C)C1)N(C)Cc1csc(C)n1. The highest BCUT2D eigenvalue weighted by molar-refractivity contribution is 7.09. The number of rotatable bonds is 5. The van der Waals surface area contributed by atoms with Gasteiger partial charge >= 0.3 is 0 Å². The summed E-state index contributed by atoms with van der Waals surface area (Å²) in [5.74, 6) is 1.73. The van der Waals surface area contributed by atoms with Crippen molar-refractivity contribution in [1.29, 1.82) is 0 Å². The Balaban J connectivity index is 1.89. The van der Waals surface area contributed by atoms with Crippen LogP contribution in [-0.4, -0.2) is 60.0 Å². The summed E-state index contributed by atoms with van der Waals surface area (Å²) in [7, 11) is 3.92. The van der Waals surface area contributed by atoms with Crippen LogP contribution in [0.2, 0.25) is 0 Å². The number of likely N-dealkylation sites (tertiary alicyclic amines) is 1. The summed E-state index contributed by atoms with van der Waals surface area (Å²) in [6.45, 7) is 13.1. The minimum Gasteiger partial charge on any atom is -0.354 e. The monoisotopic (exact) mass is 351 g/mol. The molecule has 0 aromatic carbocycles. The number of aliphatic imine (C=N–C) groups is 1. The molecule has 24 heavy (non-hydrogen) atoms. The molecule has 1 fully saturated rings. The van der Waals surface area contributed by atoms with Gasteiger partial charge in [-0.25, -0.2) is 4.98 Å². The van der Waals surface area contributed by atoms with Crippen molar-refractivity contribution >= 4 is 17.3 Å². The summed E-state index contributed by atoms with van der Waals surface area (Å²) >= 11 is 1.70. The van der Waals surface area contributed by atoms with Gasteiger partial charge in [0.25, 0.3) is 0 Å². The number of hydrogen-bond acceptors (Lipinski definition) is 4. The summed E-state index contributed by atoms with van der Waals surface area (Å²) in [6, 6.07) is 0. The zero-order chi connectivity index (χ0) is 17.7. The van der Waals surface area contributed by atoms with Gasteiger partial charge in [-0.15, -0.1) is 11.3 Å². The average molecular weight is 352 g/mol. The number of nitrogens with one attached hydrogen (secondary N) is 1. The van der Waals surface area contributed by atoms with Crippen molar-refractivity contribution in [2.75, 3.05) is 33.7 Å². The Bertz CT molecular complexity index is 551. The fraction of sp³-hybridized carbons (Fsp3) is 0.778. The van der Waals surface area contributed by atoms with E-state index < -0.39 is 0 Å². The summed E-state index contributed by atoms with van der Waals surface area (Å²) in [4.78, 5) is 13.7. The van der Waals surface area contributed by atoms with Crippen LogP contribution in [0.3, 0.4) is 0 Å². The molecule has 2 rings (SSSR count). The molecule has 1 N–H and O–H groups in total. The van der Waals surface area contributed by atoms with Gasteiger partial charge in [0.1, 0.15) is 0 Å². The Morgan fingerprint density at radius 2 is 2.29 bits per heavy atom. The van der Waals surface area contributed by atoms with Crippen LogP contribution >= 0.6 is 11.3 Å². The lowest BCUT2D eigenvalue weighted by Crippen LogP contribution is -2.56. The van der Waals surface area contributed by atoms with E-state index in [-0.39, 0.29) is 5.54 Å². The van der Waals surface area contributed by atoms with Gasteiger partial charge in [-0.1, -0.05) is 6.92 Å². The molecular weight excluding hydrogens is 318 g/mol. The first-order valence-electron chi connectivity index (χ1n) is 8.89. The standard InChI is InChI=1S/C18H33N5S/c1-14-8-7-9-23(10-14)18(3,4)13-20-17(19-5)22(6)11-16-12-24-15(2)21-16/h12,14H,7-11,13H2,1-6H3,(H,19,20). The fourth-order valence-electron chi connectivity index (χ4n) is 3.33. The number of aromatic nitrogens is 1. The second kappa shape index (κ2) is 8.30. The smallest absolute Gasteiger partial charge is 0.193 e. The molecule has 0 radical (unpaired) electrons. The van der Waals surface area contributed by atoms with Crippen molar-refractivity contribution in [3.63, 3.8) is 0 Å². The summed E-state index contributed by atoms with van der Waals surface area (Å²) in [5.41, 5.74) is 1.23. The van der Waals surface area contributed by atoms with E-state index in [2.05, 4.69) is 58.3 Å². The van der Waals surface area contributed by atoms with E-state index in [1.165, 1.54) is 25.9 Å². The second-order valence-electron chi connectivity index (χ2n) is 7.62. The van der Waals surface area contributed by atoms with E-state index in [0.29, 0.717) is 0 Å². The lowest BCUT2D eigenvalue weighted by atomic mass is 9.93. The highest BCUT2D eigenvalue weighted by Crippen LogP contribution is 2.23. The Morgan fingerprint density at radius 3 is 2.88 bits per heavy atom. The predicted octanol–water partition coefficient (Wildman–Crippen LogP) is 2.97. The quantitative estimate of drug-likeness (QED) is 0.654. The molecule has 1 saturated heterocycles. The van der Waals surface area contributed by atoms with Crippen molar-refractivity contribution in [3.05, 3.63) is 16.1 Å². The maximum absolute atomic E-state index is 4.54. The number of piperidine rings is 1. The molecular formula is C18H33N5S. The molecule has 0 saturated carbocycles. The van der Waals surface area contributed by atoms with Crippen LogP contribution in [0.15, 0.2) is 10.4 Å². The van der Waals surface area contributed by atoms with Gasteiger partial charge in [0, 0.05) is 38.1 Å². The van der Waals surface area contributed by atoms with Gasteiger partial charge in [-0.2, -0.15) is 0 Å². The highest BCUT2D eigenvalue weighted by atomic mass is 32.1. The van der Waals surface area contributed by atoms with Gasteiger partial charge < -0.3 is 10.2 Å². The van der Waals surface area contributed by atoms with Gasteiger partial charge in [0.2, 0.25) is 0 Å². The molecule has 1 aromatic rings. The van der Waals surface area contributed by atoms with E-state index >= 15 is 0 Å². The molecule has 0 spiro atoms. The maximum atomic E-state index is 4.54. The number of hydrogen-bond donors (Lipinski definition) is 1. The fourth-order valence-corrected chi connectivity index (χ4v) is 3.93. The molecule has 1 unspecified atom stereocenters. The number of aryl methyl sites for hydroxylation is 1. The summed E-state index contributed by atoms with van der Waals surface area (Å²) in [6.07, 6.45) is 2.67. The Kier molecular flexibility index (Phi) is 6.63. The second-order valence-corrected chi connectivity index (χ2v) is 8.68. The maximum Gasteiger partial charge on any atom is 0.193 e. The van der Waals surface area contributed by atoms with Crippen molar-refractivity contribution in [1.82, 2.24) is 20.1 Å². The van der Waals surface area contributed by atoms with E-state index in [0.717, 1.165) is 35.7 Å². The summed E-state index contributed by atoms with van der Waals surface area (Å²) < 4.78 is 0. The molecule has 5 nitrogen and oxygen atoms in total. The van der Waals surface area contributed by atoms with Gasteiger partial charge in [-0.3, -0.25) is 9.89 Å². The van der Waals surface area contributed by atoms with Crippen LogP contribution < -0.4 is 5.32 Å². The number of thiazole rings is 1. The zero-order valence-corrected chi connectivity index (χ0v) is 16.9. The van der Waals surface area contributed by atoms with Gasteiger partial charge in [0.05, 0.1) is 17.2 Å².